The molecule has 2 aromatic carbocycles. The van der Waals surface area contributed by atoms with Crippen LogP contribution in [0.5, 0.6) is 17.2 Å². The Kier molecular flexibility index (Phi) is 6.04. The fourth-order valence-corrected chi connectivity index (χ4v) is 3.15. The molecule has 3 rings (SSSR count). The zero-order valence-electron chi connectivity index (χ0n) is 16.5. The van der Waals surface area contributed by atoms with E-state index in [0.717, 1.165) is 24.2 Å². The van der Waals surface area contributed by atoms with E-state index in [4.69, 9.17) is 13.9 Å². The summed E-state index contributed by atoms with van der Waals surface area (Å²) in [5.41, 5.74) is 2.15. The summed E-state index contributed by atoms with van der Waals surface area (Å²) in [4.78, 5) is 11.0. The van der Waals surface area contributed by atoms with Gasteiger partial charge in [-0.1, -0.05) is 6.07 Å². The molecule has 0 aliphatic heterocycles. The number of methoxy groups -OCH3 is 2. The van der Waals surface area contributed by atoms with Gasteiger partial charge in [0.15, 0.2) is 11.5 Å². The molecular weight excluding hydrogens is 376 g/mol. The summed E-state index contributed by atoms with van der Waals surface area (Å²) in [6.07, 6.45) is 2.42. The average molecular weight is 399 g/mol. The van der Waals surface area contributed by atoms with Gasteiger partial charge in [0, 0.05) is 19.4 Å². The Labute approximate surface area is 167 Å². The predicted molar refractivity (Wildman–Crippen MR) is 108 cm³/mol. The minimum atomic E-state index is -0.492. The van der Waals surface area contributed by atoms with Crippen molar-refractivity contribution in [3.05, 3.63) is 63.5 Å². The molecule has 152 valence electrons. The van der Waals surface area contributed by atoms with Crippen LogP contribution in [0.1, 0.15) is 18.2 Å². The lowest BCUT2D eigenvalue weighted by molar-refractivity contribution is -0.604. The lowest BCUT2D eigenvalue weighted by Crippen LogP contribution is -2.82. The molecule has 3 aromatic rings. The van der Waals surface area contributed by atoms with Crippen LogP contribution in [0.15, 0.2) is 46.5 Å². The first-order chi connectivity index (χ1) is 13.9. The number of hydrogen-bond donors (Lipinski definition) is 2. The van der Waals surface area contributed by atoms with Crippen molar-refractivity contribution < 1.29 is 29.2 Å². The second-order valence-electron chi connectivity index (χ2n) is 6.57. The fourth-order valence-electron chi connectivity index (χ4n) is 3.15. The second kappa shape index (κ2) is 8.66. The van der Waals surface area contributed by atoms with Gasteiger partial charge < -0.3 is 24.3 Å². The molecule has 0 amide bonds. The molecule has 0 bridgehead atoms. The fraction of sp³-hybridized carbons (Fsp3) is 0.238. The Bertz CT molecular complexity index is 1070. The number of allylic oxidation sites excluding steroid dienone is 1. The minimum Gasteiger partial charge on any atom is -0.508 e. The Hall–Kier alpha value is -3.52. The van der Waals surface area contributed by atoms with Crippen molar-refractivity contribution in [1.29, 1.82) is 0 Å². The van der Waals surface area contributed by atoms with Crippen molar-refractivity contribution >= 4 is 22.7 Å². The molecule has 0 saturated heterocycles. The van der Waals surface area contributed by atoms with E-state index in [1.54, 1.807) is 20.3 Å². The lowest BCUT2D eigenvalue weighted by Gasteiger charge is -2.09. The first-order valence-corrected chi connectivity index (χ1v) is 9.05. The number of hydrogen-bond acceptors (Lipinski definition) is 6. The maximum absolute atomic E-state index is 11.5. The van der Waals surface area contributed by atoms with Crippen LogP contribution >= 0.6 is 0 Å². The van der Waals surface area contributed by atoms with Gasteiger partial charge in [-0.05, 0) is 35.9 Å². The number of furan rings is 1. The monoisotopic (exact) mass is 399 g/mol. The molecule has 3 N–H and O–H groups in total. The number of ether oxygens (including phenoxy) is 2. The van der Waals surface area contributed by atoms with Crippen molar-refractivity contribution in [3.63, 3.8) is 0 Å². The summed E-state index contributed by atoms with van der Waals surface area (Å²) in [6.45, 7) is 2.61. The molecule has 0 unspecified atom stereocenters. The van der Waals surface area contributed by atoms with Crippen LogP contribution in [0.3, 0.4) is 0 Å². The summed E-state index contributed by atoms with van der Waals surface area (Å²) in [7, 11) is 3.19. The van der Waals surface area contributed by atoms with E-state index in [9.17, 15) is 15.2 Å². The molecule has 0 spiro atoms. The Morgan fingerprint density at radius 3 is 2.66 bits per heavy atom. The third-order valence-electron chi connectivity index (χ3n) is 4.56. The third-order valence-corrected chi connectivity index (χ3v) is 4.56. The number of quaternary nitrogens is 1. The Morgan fingerprint density at radius 1 is 1.21 bits per heavy atom. The molecule has 0 saturated carbocycles. The number of nitrogens with zero attached hydrogens (tertiary/aromatic N) is 1. The smallest absolute Gasteiger partial charge is 0.322 e. The van der Waals surface area contributed by atoms with Gasteiger partial charge in [-0.2, -0.15) is 0 Å². The summed E-state index contributed by atoms with van der Waals surface area (Å²) in [5.74, 6) is 1.48. The van der Waals surface area contributed by atoms with Gasteiger partial charge in [0.1, 0.15) is 22.4 Å². The van der Waals surface area contributed by atoms with Gasteiger partial charge in [-0.25, -0.2) is 0 Å². The molecule has 0 fully saturated rings. The SMILES string of the molecule is COc1ccc(CC[NH2+]/C(C)=C/c2oc3ccc(O)cc3c2[N+](=O)[O-])cc1OC. The van der Waals surface area contributed by atoms with Crippen LogP contribution in [0.4, 0.5) is 5.69 Å². The van der Waals surface area contributed by atoms with Crippen LogP contribution in [0, 0.1) is 10.1 Å². The molecule has 0 radical (unpaired) electrons. The number of aromatic hydroxyl groups is 1. The van der Waals surface area contributed by atoms with Gasteiger partial charge in [-0.3, -0.25) is 10.1 Å². The average Bonchev–Trinajstić information content (AvgIpc) is 3.04. The number of nitrogens with two attached hydrogens (primary N) is 1. The normalized spacial score (nSPS) is 11.6. The summed E-state index contributed by atoms with van der Waals surface area (Å²) in [5, 5.41) is 23.4. The molecule has 0 aliphatic carbocycles. The highest BCUT2D eigenvalue weighted by Gasteiger charge is 2.24. The highest BCUT2D eigenvalue weighted by Crippen LogP contribution is 2.35. The zero-order chi connectivity index (χ0) is 21.0. The number of benzene rings is 2. The van der Waals surface area contributed by atoms with E-state index in [1.807, 2.05) is 30.4 Å². The second-order valence-corrected chi connectivity index (χ2v) is 6.57. The molecule has 8 heteroatoms. The van der Waals surface area contributed by atoms with Crippen LogP contribution in [-0.4, -0.2) is 30.8 Å². The van der Waals surface area contributed by atoms with Gasteiger partial charge in [0.25, 0.3) is 0 Å². The maximum Gasteiger partial charge on any atom is 0.322 e. The summed E-state index contributed by atoms with van der Waals surface area (Å²) >= 11 is 0. The van der Waals surface area contributed by atoms with Crippen LogP contribution in [0.2, 0.25) is 0 Å². The molecular formula is C21H23N2O6+. The molecule has 29 heavy (non-hydrogen) atoms. The van der Waals surface area contributed by atoms with E-state index in [1.165, 1.54) is 18.2 Å². The van der Waals surface area contributed by atoms with Crippen molar-refractivity contribution in [3.8, 4) is 17.2 Å². The highest BCUT2D eigenvalue weighted by atomic mass is 16.6. The number of phenols is 1. The number of nitro groups is 1. The number of fused-ring (bicyclic) bond motifs is 1. The van der Waals surface area contributed by atoms with Crippen LogP contribution in [0.25, 0.3) is 17.0 Å². The highest BCUT2D eigenvalue weighted by molar-refractivity contribution is 5.92. The van der Waals surface area contributed by atoms with Gasteiger partial charge in [-0.15, -0.1) is 0 Å². The quantitative estimate of drug-likeness (QED) is 0.444. The first kappa shape index (κ1) is 20.2. The Balaban J connectivity index is 1.74. The summed E-state index contributed by atoms with van der Waals surface area (Å²) in [6, 6.07) is 10.1. The minimum absolute atomic E-state index is 0.0462. The van der Waals surface area contributed by atoms with Crippen molar-refractivity contribution in [1.82, 2.24) is 0 Å². The topological polar surface area (TPSA) is 112 Å². The van der Waals surface area contributed by atoms with E-state index >= 15 is 0 Å². The van der Waals surface area contributed by atoms with Gasteiger partial charge in [0.05, 0.1) is 25.7 Å². The van der Waals surface area contributed by atoms with Crippen molar-refractivity contribution in [2.75, 3.05) is 20.8 Å². The largest absolute Gasteiger partial charge is 0.508 e. The first-order valence-electron chi connectivity index (χ1n) is 9.05. The standard InChI is InChI=1S/C21H22N2O6/c1-13(22-9-8-14-4-6-18(27-2)19(11-14)28-3)10-20-21(23(25)26)16-12-15(24)5-7-17(16)29-20/h4-7,10-12,22,24H,8-9H2,1-3H3/p+1/b13-10+. The molecule has 0 aliphatic rings. The van der Waals surface area contributed by atoms with Gasteiger partial charge >= 0.3 is 5.69 Å². The van der Waals surface area contributed by atoms with Crippen molar-refractivity contribution in [2.24, 2.45) is 0 Å². The van der Waals surface area contributed by atoms with Crippen molar-refractivity contribution in [2.45, 2.75) is 13.3 Å². The van der Waals surface area contributed by atoms with E-state index < -0.39 is 4.92 Å². The van der Waals surface area contributed by atoms with E-state index in [-0.39, 0.29) is 22.6 Å². The van der Waals surface area contributed by atoms with E-state index in [2.05, 4.69) is 0 Å². The summed E-state index contributed by atoms with van der Waals surface area (Å²) < 4.78 is 16.2. The van der Waals surface area contributed by atoms with Crippen LogP contribution in [-0.2, 0) is 6.42 Å². The zero-order valence-corrected chi connectivity index (χ0v) is 16.5. The molecule has 0 atom stereocenters. The Morgan fingerprint density at radius 2 is 1.97 bits per heavy atom. The number of rotatable bonds is 8. The predicted octanol–water partition coefficient (Wildman–Crippen LogP) is 3.23. The third kappa shape index (κ3) is 4.49. The molecule has 1 heterocycles. The van der Waals surface area contributed by atoms with Gasteiger partial charge in [0.2, 0.25) is 5.76 Å². The lowest BCUT2D eigenvalue weighted by atomic mass is 10.1. The maximum atomic E-state index is 11.5. The molecule has 1 aromatic heterocycles. The molecule has 8 nitrogen and oxygen atoms in total. The number of phenolic OH excluding ortho intramolecular Hbond substituents is 1. The van der Waals surface area contributed by atoms with Crippen LogP contribution < -0.4 is 14.8 Å². The van der Waals surface area contributed by atoms with E-state index in [0.29, 0.717) is 17.1 Å².